The largest absolute Gasteiger partial charge is 0.462 e. The fourth-order valence-electron chi connectivity index (χ4n) is 3.59. The van der Waals surface area contributed by atoms with Crippen LogP contribution < -0.4 is 11.0 Å². The zero-order valence-corrected chi connectivity index (χ0v) is 19.7. The Morgan fingerprint density at radius 3 is 2.74 bits per heavy atom. The number of carbonyl (C=O) groups excluding carboxylic acids is 2. The van der Waals surface area contributed by atoms with E-state index in [2.05, 4.69) is 9.98 Å². The molecule has 0 unspecified atom stereocenters. The molecule has 0 saturated carbocycles. The highest BCUT2D eigenvalue weighted by Gasteiger charge is 2.20. The lowest BCUT2D eigenvalue weighted by Gasteiger charge is -2.15. The Kier molecular flexibility index (Phi) is 7.29. The molecule has 176 valence electrons. The summed E-state index contributed by atoms with van der Waals surface area (Å²) in [5.74, 6) is -1.16. The topological polar surface area (TPSA) is 104 Å². The van der Waals surface area contributed by atoms with E-state index in [0.29, 0.717) is 42.4 Å². The van der Waals surface area contributed by atoms with Crippen LogP contribution in [0.4, 0.5) is 0 Å². The van der Waals surface area contributed by atoms with Gasteiger partial charge < -0.3 is 14.0 Å². The highest BCUT2D eigenvalue weighted by molar-refractivity contribution is 7.12. The molecule has 0 saturated heterocycles. The Labute approximate surface area is 198 Å². The smallest absolute Gasteiger partial charge is 0.341 e. The molecule has 1 amide bonds. The first-order chi connectivity index (χ1) is 16.5. The molecule has 0 aliphatic rings. The molecule has 0 radical (unpaired) electrons. The molecular weight excluding hydrogens is 456 g/mol. The van der Waals surface area contributed by atoms with Crippen LogP contribution in [0.15, 0.2) is 57.8 Å². The van der Waals surface area contributed by atoms with Crippen molar-refractivity contribution in [2.24, 2.45) is 4.99 Å². The predicted octanol–water partition coefficient (Wildman–Crippen LogP) is 3.06. The minimum Gasteiger partial charge on any atom is -0.462 e. The number of thiophene rings is 1. The van der Waals surface area contributed by atoms with Crippen LogP contribution in [0, 0.1) is 0 Å². The van der Waals surface area contributed by atoms with Gasteiger partial charge in [-0.1, -0.05) is 12.1 Å². The van der Waals surface area contributed by atoms with Crippen molar-refractivity contribution >= 4 is 39.9 Å². The first-order valence-electron chi connectivity index (χ1n) is 11.0. The maximum atomic E-state index is 13.3. The number of ether oxygens (including phenoxy) is 2. The molecule has 4 heterocycles. The second kappa shape index (κ2) is 10.5. The molecule has 4 aromatic heterocycles. The molecule has 0 bridgehead atoms. The maximum Gasteiger partial charge on any atom is 0.341 e. The number of pyridine rings is 2. The van der Waals surface area contributed by atoms with E-state index in [-0.39, 0.29) is 28.6 Å². The normalized spacial score (nSPS) is 11.9. The summed E-state index contributed by atoms with van der Waals surface area (Å²) in [5.41, 5.74) is 0.579. The van der Waals surface area contributed by atoms with Gasteiger partial charge in [-0.05, 0) is 49.9 Å². The number of nitrogens with zero attached hydrogens (tertiary/aromatic N) is 4. The second-order valence-corrected chi connectivity index (χ2v) is 8.23. The summed E-state index contributed by atoms with van der Waals surface area (Å²) in [6.07, 6.45) is 2.18. The lowest BCUT2D eigenvalue weighted by Crippen LogP contribution is -2.33. The van der Waals surface area contributed by atoms with Crippen molar-refractivity contribution in [3.8, 4) is 0 Å². The van der Waals surface area contributed by atoms with Gasteiger partial charge in [0.15, 0.2) is 5.49 Å². The molecular formula is C24H24N4O5S. The zero-order valence-electron chi connectivity index (χ0n) is 18.9. The molecule has 34 heavy (non-hydrogen) atoms. The molecule has 0 spiro atoms. The minimum atomic E-state index is -0.668. The van der Waals surface area contributed by atoms with Gasteiger partial charge in [0.1, 0.15) is 16.9 Å². The Morgan fingerprint density at radius 2 is 2.00 bits per heavy atom. The fourth-order valence-corrected chi connectivity index (χ4v) is 4.20. The number of aromatic nitrogens is 3. The number of amides is 1. The number of rotatable bonds is 8. The maximum absolute atomic E-state index is 13.3. The van der Waals surface area contributed by atoms with Crippen LogP contribution in [0.1, 0.15) is 40.3 Å². The van der Waals surface area contributed by atoms with Crippen molar-refractivity contribution in [2.75, 3.05) is 19.8 Å². The van der Waals surface area contributed by atoms with Crippen LogP contribution in [0.3, 0.4) is 0 Å². The third-order valence-electron chi connectivity index (χ3n) is 5.10. The Bertz CT molecular complexity index is 1470. The Balaban J connectivity index is 2.06. The van der Waals surface area contributed by atoms with Crippen molar-refractivity contribution in [1.29, 1.82) is 0 Å². The third kappa shape index (κ3) is 4.68. The van der Waals surface area contributed by atoms with Gasteiger partial charge in [-0.3, -0.25) is 14.0 Å². The molecule has 0 fully saturated rings. The summed E-state index contributed by atoms with van der Waals surface area (Å²) in [6, 6.07) is 10.1. The van der Waals surface area contributed by atoms with Crippen LogP contribution in [-0.4, -0.2) is 45.6 Å². The monoisotopic (exact) mass is 480 g/mol. The van der Waals surface area contributed by atoms with Crippen LogP contribution in [0.2, 0.25) is 0 Å². The van der Waals surface area contributed by atoms with Gasteiger partial charge in [-0.2, -0.15) is 4.99 Å². The van der Waals surface area contributed by atoms with Crippen molar-refractivity contribution < 1.29 is 19.1 Å². The molecule has 0 aliphatic heterocycles. The van der Waals surface area contributed by atoms with Crippen molar-refractivity contribution in [3.05, 3.63) is 74.3 Å². The van der Waals surface area contributed by atoms with E-state index in [9.17, 15) is 14.4 Å². The number of hydrogen-bond acceptors (Lipinski definition) is 7. The van der Waals surface area contributed by atoms with Gasteiger partial charge in [0.2, 0.25) is 0 Å². The lowest BCUT2D eigenvalue weighted by molar-refractivity contribution is 0.0523. The Morgan fingerprint density at radius 1 is 1.15 bits per heavy atom. The van der Waals surface area contributed by atoms with Crippen molar-refractivity contribution in [3.63, 3.8) is 0 Å². The second-order valence-electron chi connectivity index (χ2n) is 7.28. The molecule has 0 atom stereocenters. The van der Waals surface area contributed by atoms with E-state index in [1.54, 1.807) is 53.4 Å². The van der Waals surface area contributed by atoms with E-state index in [1.165, 1.54) is 21.8 Å². The summed E-state index contributed by atoms with van der Waals surface area (Å²) in [5, 5.41) is 2.01. The van der Waals surface area contributed by atoms with Crippen molar-refractivity contribution in [2.45, 2.75) is 26.8 Å². The number of fused-ring (bicyclic) bond motifs is 2. The van der Waals surface area contributed by atoms with Gasteiger partial charge in [-0.15, -0.1) is 11.3 Å². The molecule has 4 aromatic rings. The highest BCUT2D eigenvalue weighted by Crippen LogP contribution is 2.14. The van der Waals surface area contributed by atoms with Gasteiger partial charge in [0.25, 0.3) is 11.5 Å². The quantitative estimate of drug-likeness (QED) is 0.218. The summed E-state index contributed by atoms with van der Waals surface area (Å²) >= 11 is 1.26. The van der Waals surface area contributed by atoms with Gasteiger partial charge in [0.05, 0.1) is 16.9 Å². The van der Waals surface area contributed by atoms with Crippen molar-refractivity contribution in [1.82, 2.24) is 14.0 Å². The van der Waals surface area contributed by atoms with Gasteiger partial charge >= 0.3 is 5.97 Å². The number of esters is 1. The molecule has 4 rings (SSSR count). The van der Waals surface area contributed by atoms with E-state index in [4.69, 9.17) is 9.47 Å². The van der Waals surface area contributed by atoms with Gasteiger partial charge in [-0.25, -0.2) is 9.78 Å². The standard InChI is InChI=1S/C24H24N4O5S/c1-3-32-13-8-12-28-20-16(23(30)27-11-6-5-10-19(27)25-20)15-17(24(31)33-4-2)21(28)26-22(29)18-9-7-14-34-18/h5-7,9-11,14-15H,3-4,8,12-13H2,1-2H3. The molecule has 9 nitrogen and oxygen atoms in total. The lowest BCUT2D eigenvalue weighted by atomic mass is 10.2. The highest BCUT2D eigenvalue weighted by atomic mass is 32.1. The van der Waals surface area contributed by atoms with Crippen LogP contribution in [-0.2, 0) is 16.0 Å². The molecule has 0 N–H and O–H groups in total. The first kappa shape index (κ1) is 23.5. The summed E-state index contributed by atoms with van der Waals surface area (Å²) in [7, 11) is 0. The number of aryl methyl sites for hydroxylation is 1. The molecule has 10 heteroatoms. The minimum absolute atomic E-state index is 0.0328. The number of hydrogen-bond donors (Lipinski definition) is 0. The zero-order chi connectivity index (χ0) is 24.1. The number of carbonyl (C=O) groups is 2. The predicted molar refractivity (Wildman–Crippen MR) is 128 cm³/mol. The fraction of sp³-hybridized carbons (Fsp3) is 0.292. The van der Waals surface area contributed by atoms with Crippen LogP contribution in [0.5, 0.6) is 0 Å². The average Bonchev–Trinajstić information content (AvgIpc) is 3.38. The van der Waals surface area contributed by atoms with E-state index in [1.807, 2.05) is 6.92 Å². The SMILES string of the molecule is CCOCCCn1c(=NC(=O)c2cccs2)c(C(=O)OCC)cc2c(=O)n3ccccc3nc21. The average molecular weight is 481 g/mol. The first-order valence-corrected chi connectivity index (χ1v) is 11.9. The molecule has 0 aliphatic carbocycles. The van der Waals surface area contributed by atoms with E-state index in [0.717, 1.165) is 0 Å². The summed E-state index contributed by atoms with van der Waals surface area (Å²) in [6.45, 7) is 5.07. The summed E-state index contributed by atoms with van der Waals surface area (Å²) < 4.78 is 13.8. The van der Waals surface area contributed by atoms with E-state index >= 15 is 0 Å². The van der Waals surface area contributed by atoms with Crippen LogP contribution >= 0.6 is 11.3 Å². The summed E-state index contributed by atoms with van der Waals surface area (Å²) in [4.78, 5) is 48.6. The van der Waals surface area contributed by atoms with Crippen LogP contribution in [0.25, 0.3) is 16.7 Å². The van der Waals surface area contributed by atoms with E-state index < -0.39 is 11.9 Å². The van der Waals surface area contributed by atoms with Gasteiger partial charge in [0, 0.05) is 26.0 Å². The third-order valence-corrected chi connectivity index (χ3v) is 5.96. The molecule has 0 aromatic carbocycles. The Hall–Kier alpha value is -3.63.